The first-order chi connectivity index (χ1) is 30.5. The second-order valence-electron chi connectivity index (χ2n) is 18.0. The molecule has 0 aliphatic heterocycles. The summed E-state index contributed by atoms with van der Waals surface area (Å²) < 4.78 is 34.2. The van der Waals surface area contributed by atoms with E-state index in [4.69, 9.17) is 23.1 Å². The summed E-state index contributed by atoms with van der Waals surface area (Å²) in [5, 5.41) is 42.1. The number of rotatable bonds is 37. The smallest absolute Gasteiger partial charge is 0.173 e. The van der Waals surface area contributed by atoms with Gasteiger partial charge < -0.3 is 57.5 Å². The molecule has 2 aromatic heterocycles. The molecule has 0 aromatic carbocycles. The molecular formula is C47H98N6O9Si2+2. The molecule has 0 fully saturated rings. The van der Waals surface area contributed by atoms with Gasteiger partial charge in [-0.25, -0.2) is 9.97 Å². The van der Waals surface area contributed by atoms with Gasteiger partial charge in [0, 0.05) is 82.7 Å². The van der Waals surface area contributed by atoms with Crippen molar-refractivity contribution in [1.29, 1.82) is 0 Å². The van der Waals surface area contributed by atoms with Crippen LogP contribution in [0, 0.1) is 19.3 Å². The van der Waals surface area contributed by atoms with Crippen LogP contribution in [0.2, 0.25) is 38.3 Å². The number of hydrogen-bond donors (Lipinski definition) is 4. The second kappa shape index (κ2) is 39.2. The van der Waals surface area contributed by atoms with Gasteiger partial charge in [-0.3, -0.25) is 4.90 Å². The van der Waals surface area contributed by atoms with E-state index in [1.165, 1.54) is 0 Å². The van der Waals surface area contributed by atoms with Crippen molar-refractivity contribution in [3.05, 3.63) is 51.3 Å². The molecule has 2 aromatic rings. The van der Waals surface area contributed by atoms with Crippen LogP contribution < -0.4 is 0 Å². The third-order valence-corrected chi connectivity index (χ3v) is 17.3. The number of ether oxygens (including phenoxy) is 4. The van der Waals surface area contributed by atoms with E-state index in [-0.39, 0.29) is 31.3 Å². The van der Waals surface area contributed by atoms with Gasteiger partial charge in [0.2, 0.25) is 0 Å². The quantitative estimate of drug-likeness (QED) is 0.0323. The number of aliphatic hydroxyl groups is 4. The summed E-state index contributed by atoms with van der Waals surface area (Å²) in [5.41, 5.74) is -0.300. The average Bonchev–Trinajstić information content (AvgIpc) is 3.97. The molecule has 64 heavy (non-hydrogen) atoms. The Bertz CT molecular complexity index is 1270. The Hall–Kier alpha value is -1.85. The molecule has 2 heterocycles. The lowest BCUT2D eigenvalue weighted by atomic mass is 9.96. The number of imidazole rings is 2. The average molecular weight is 948 g/mol. The lowest BCUT2D eigenvalue weighted by molar-refractivity contribution is -0.0545. The van der Waals surface area contributed by atoms with Crippen molar-refractivity contribution in [3.8, 4) is 0 Å². The van der Waals surface area contributed by atoms with Crippen LogP contribution in [-0.4, -0.2) is 183 Å². The van der Waals surface area contributed by atoms with Crippen molar-refractivity contribution < 1.29 is 43.5 Å². The van der Waals surface area contributed by atoms with Crippen LogP contribution in [0.3, 0.4) is 0 Å². The van der Waals surface area contributed by atoms with Crippen LogP contribution in [0.4, 0.5) is 0 Å². The standard InChI is InChI=1S/C41H82N6O9Si2.C2H6.2C2H5/c1-9-37(48)29-52-22-12-24-57(5,6)56-58(7,8)25-13-23-53-30-39(50)27-47(19-11-18-46-21-15-43-36-46)28-40(51)32-55-34-41(2,3)33-54-31-38(49)26-44(4)16-10-17-45-20-14-42-35-45;3*1-2/h14-15,20-21,35-40,48-51H,9-13,16-19,22-34H2,1-8H3;1-2H3;2*1H2,2H3/q;;2*+1. The zero-order valence-corrected chi connectivity index (χ0v) is 44.8. The normalized spacial score (nSPS) is 13.9. The second-order valence-corrected chi connectivity index (χ2v) is 26.9. The van der Waals surface area contributed by atoms with E-state index >= 15 is 0 Å². The van der Waals surface area contributed by atoms with Crippen molar-refractivity contribution in [1.82, 2.24) is 28.9 Å². The summed E-state index contributed by atoms with van der Waals surface area (Å²) in [6, 6.07) is 2.02. The van der Waals surface area contributed by atoms with Gasteiger partial charge in [-0.05, 0) is 84.0 Å². The van der Waals surface area contributed by atoms with E-state index in [1.807, 2.05) is 69.5 Å². The van der Waals surface area contributed by atoms with E-state index in [0.717, 1.165) is 57.4 Å². The Labute approximate surface area is 393 Å². The number of aryl methyl sites for hydroxylation is 2. The highest BCUT2D eigenvalue weighted by Crippen LogP contribution is 2.24. The molecule has 0 spiro atoms. The van der Waals surface area contributed by atoms with Gasteiger partial charge in [-0.1, -0.05) is 34.6 Å². The lowest BCUT2D eigenvalue weighted by Gasteiger charge is -2.34. The minimum atomic E-state index is -1.88. The molecular weight excluding hydrogens is 849 g/mol. The lowest BCUT2D eigenvalue weighted by Crippen LogP contribution is -2.44. The fraction of sp³-hybridized carbons (Fsp3) is 0.830. The molecule has 0 aliphatic carbocycles. The molecule has 0 radical (unpaired) electrons. The number of aliphatic hydroxyl groups excluding tert-OH is 4. The zero-order chi connectivity index (χ0) is 48.9. The van der Waals surface area contributed by atoms with E-state index < -0.39 is 34.9 Å². The van der Waals surface area contributed by atoms with E-state index in [2.05, 4.69) is 59.8 Å². The first kappa shape index (κ1) is 64.2. The zero-order valence-electron chi connectivity index (χ0n) is 42.8. The predicted octanol–water partition coefficient (Wildman–Crippen LogP) is 6.65. The van der Waals surface area contributed by atoms with Gasteiger partial charge in [0.25, 0.3) is 0 Å². The van der Waals surface area contributed by atoms with Crippen molar-refractivity contribution in [2.24, 2.45) is 5.41 Å². The van der Waals surface area contributed by atoms with Crippen molar-refractivity contribution >= 4 is 16.6 Å². The van der Waals surface area contributed by atoms with Gasteiger partial charge in [-0.15, -0.1) is 0 Å². The van der Waals surface area contributed by atoms with Gasteiger partial charge in [0.1, 0.15) is 0 Å². The van der Waals surface area contributed by atoms with Crippen LogP contribution in [0.15, 0.2) is 37.4 Å². The summed E-state index contributed by atoms with van der Waals surface area (Å²) in [4.78, 5) is 12.4. The topological polar surface area (TPSA) is 169 Å². The summed E-state index contributed by atoms with van der Waals surface area (Å²) in [6.07, 6.45) is 13.0. The molecule has 4 N–H and O–H groups in total. The maximum Gasteiger partial charge on any atom is 0.173 e. The van der Waals surface area contributed by atoms with Crippen LogP contribution in [0.5, 0.6) is 0 Å². The molecule has 376 valence electrons. The first-order valence-electron chi connectivity index (χ1n) is 23.9. The first-order valence-corrected chi connectivity index (χ1v) is 30.2. The molecule has 4 unspecified atom stereocenters. The van der Waals surface area contributed by atoms with Crippen molar-refractivity contribution in [2.45, 2.75) is 156 Å². The van der Waals surface area contributed by atoms with E-state index in [9.17, 15) is 20.4 Å². The minimum Gasteiger partial charge on any atom is -0.455 e. The van der Waals surface area contributed by atoms with E-state index in [0.29, 0.717) is 65.6 Å². The Morgan fingerprint density at radius 3 is 1.45 bits per heavy atom. The summed E-state index contributed by atoms with van der Waals surface area (Å²) in [7, 11) is -1.71. The number of hydrogen-bond acceptors (Lipinski definition) is 13. The molecule has 15 nitrogen and oxygen atoms in total. The van der Waals surface area contributed by atoms with Crippen LogP contribution in [0.25, 0.3) is 0 Å². The molecule has 0 saturated heterocycles. The minimum absolute atomic E-state index is 0.165. The Kier molecular flexibility index (Phi) is 39.3. The van der Waals surface area contributed by atoms with Crippen molar-refractivity contribution in [2.75, 3.05) is 92.6 Å². The summed E-state index contributed by atoms with van der Waals surface area (Å²) in [5.74, 6) is 0. The maximum atomic E-state index is 11.0. The van der Waals surface area contributed by atoms with Gasteiger partial charge in [-0.2, -0.15) is 0 Å². The SMILES string of the molecule is CC.CCC(O)COCCC[Si](C)(C)O[Si](C)(C)CCCOCC(O)CN(CCCn1ccnc1)CC(O)COCC(C)(C)COCC(O)CN(C)CCCn1ccnc1.[CH2+]C.[CH2+]C. The molecule has 4 atom stereocenters. The molecule has 0 bridgehead atoms. The molecule has 0 aliphatic rings. The molecule has 2 rings (SSSR count). The third-order valence-electron chi connectivity index (χ3n) is 9.81. The van der Waals surface area contributed by atoms with Crippen LogP contribution in [0.1, 0.15) is 80.6 Å². The number of likely N-dealkylation sites (N-methyl/N-ethyl adjacent to an activating group) is 1. The number of nitrogens with zero attached hydrogens (tertiary/aromatic N) is 6. The third kappa shape index (κ3) is 36.3. The largest absolute Gasteiger partial charge is 0.455 e. The highest BCUT2D eigenvalue weighted by molar-refractivity contribution is 6.84. The fourth-order valence-corrected chi connectivity index (χ4v) is 15.7. The van der Waals surface area contributed by atoms with E-state index in [1.54, 1.807) is 32.6 Å². The Morgan fingerprint density at radius 2 is 1.03 bits per heavy atom. The fourth-order valence-electron chi connectivity index (χ4n) is 6.89. The van der Waals surface area contributed by atoms with Crippen LogP contribution >= 0.6 is 0 Å². The Morgan fingerprint density at radius 1 is 0.625 bits per heavy atom. The molecule has 0 saturated carbocycles. The highest BCUT2D eigenvalue weighted by atomic mass is 28.4. The van der Waals surface area contributed by atoms with Gasteiger partial charge >= 0.3 is 0 Å². The predicted molar refractivity (Wildman–Crippen MR) is 267 cm³/mol. The Balaban J connectivity index is 0. The number of aromatic nitrogens is 4. The molecule has 17 heteroatoms. The summed E-state index contributed by atoms with van der Waals surface area (Å²) >= 11 is 0. The maximum absolute atomic E-state index is 11.0. The van der Waals surface area contributed by atoms with Crippen LogP contribution in [-0.2, 0) is 36.2 Å². The van der Waals surface area contributed by atoms with Crippen molar-refractivity contribution in [3.63, 3.8) is 0 Å². The van der Waals surface area contributed by atoms with Gasteiger partial charge in [0.05, 0.1) is 104 Å². The van der Waals surface area contributed by atoms with Gasteiger partial charge in [0.15, 0.2) is 16.6 Å². The molecule has 0 amide bonds. The summed E-state index contributed by atoms with van der Waals surface area (Å²) in [6.45, 7) is 36.7. The highest BCUT2D eigenvalue weighted by Gasteiger charge is 2.32. The monoisotopic (exact) mass is 947 g/mol.